The minimum absolute atomic E-state index is 0.0132. The molecule has 0 radical (unpaired) electrons. The van der Waals surface area contributed by atoms with E-state index in [-0.39, 0.29) is 28.9 Å². The van der Waals surface area contributed by atoms with Gasteiger partial charge in [0.2, 0.25) is 0 Å². The molecule has 0 bridgehead atoms. The van der Waals surface area contributed by atoms with Gasteiger partial charge in [-0.2, -0.15) is 0 Å². The van der Waals surface area contributed by atoms with Crippen molar-refractivity contribution in [2.75, 3.05) is 0 Å². The van der Waals surface area contributed by atoms with Crippen LogP contribution >= 0.6 is 11.6 Å². The Hall–Kier alpha value is -2.37. The van der Waals surface area contributed by atoms with Crippen LogP contribution < -0.4 is 16.0 Å². The van der Waals surface area contributed by atoms with E-state index in [1.807, 2.05) is 31.2 Å². The van der Waals surface area contributed by atoms with Gasteiger partial charge in [0.15, 0.2) is 0 Å². The van der Waals surface area contributed by atoms with Crippen LogP contribution in [0.2, 0.25) is 5.02 Å². The maximum Gasteiger partial charge on any atom is 0.255 e. The first kappa shape index (κ1) is 19.9. The van der Waals surface area contributed by atoms with Crippen LogP contribution in [0.1, 0.15) is 38.2 Å². The van der Waals surface area contributed by atoms with Gasteiger partial charge in [-0.05, 0) is 73.9 Å². The molecule has 1 aliphatic rings. The highest BCUT2D eigenvalue weighted by Gasteiger charge is 2.40. The molecule has 4 rings (SSSR count). The molecule has 1 fully saturated rings. The molecule has 29 heavy (non-hydrogen) atoms. The minimum atomic E-state index is -0.240. The third kappa shape index (κ3) is 3.77. The highest BCUT2D eigenvalue weighted by Crippen LogP contribution is 2.43. The number of benzene rings is 2. The van der Waals surface area contributed by atoms with Crippen LogP contribution in [-0.4, -0.2) is 17.1 Å². The molecule has 3 aromatic rings. The first-order valence-corrected chi connectivity index (χ1v) is 10.3. The highest BCUT2D eigenvalue weighted by atomic mass is 35.5. The Morgan fingerprint density at radius 3 is 2.55 bits per heavy atom. The Morgan fingerprint density at radius 2 is 1.90 bits per heavy atom. The monoisotopic (exact) mass is 414 g/mol. The topological polar surface area (TPSA) is 68.1 Å². The summed E-state index contributed by atoms with van der Waals surface area (Å²) >= 11 is 6.38. The normalized spacial score (nSPS) is 23.1. The molecule has 152 valence electrons. The number of hydrogen-bond acceptors (Lipinski definition) is 3. The molecular weight excluding hydrogens is 391 g/mol. The second-order valence-corrected chi connectivity index (χ2v) is 8.35. The van der Waals surface area contributed by atoms with Crippen molar-refractivity contribution in [3.63, 3.8) is 0 Å². The van der Waals surface area contributed by atoms with Crippen LogP contribution in [0.15, 0.2) is 53.5 Å². The van der Waals surface area contributed by atoms with Gasteiger partial charge in [0.1, 0.15) is 11.6 Å². The molecule has 1 aromatic heterocycles. The van der Waals surface area contributed by atoms with E-state index in [4.69, 9.17) is 22.1 Å². The predicted molar refractivity (Wildman–Crippen MR) is 114 cm³/mol. The summed E-state index contributed by atoms with van der Waals surface area (Å²) in [7, 11) is 0. The first-order valence-electron chi connectivity index (χ1n) is 9.88. The van der Waals surface area contributed by atoms with Crippen molar-refractivity contribution in [1.29, 1.82) is 0 Å². The average molecular weight is 415 g/mol. The standard InChI is InChI=1S/C23H24ClFN2O2/c1-14(26)23(16-2-4-17(25)5-3-16)9-6-18(7-10-23)29-21-12-15-8-11-27-22(28)19(15)13-20(21)24/h2-5,8,11-14,18H,6-7,9-10,26H2,1H3,(H,27,28)/t14?,18-,23+. The molecule has 1 unspecified atom stereocenters. The number of ether oxygens (including phenoxy) is 1. The molecule has 0 spiro atoms. The van der Waals surface area contributed by atoms with Crippen molar-refractivity contribution in [3.05, 3.63) is 75.4 Å². The van der Waals surface area contributed by atoms with E-state index in [2.05, 4.69) is 4.98 Å². The number of fused-ring (bicyclic) bond motifs is 1. The maximum absolute atomic E-state index is 13.4. The molecule has 4 nitrogen and oxygen atoms in total. The summed E-state index contributed by atoms with van der Waals surface area (Å²) in [5.41, 5.74) is 7.10. The lowest BCUT2D eigenvalue weighted by Gasteiger charge is -2.43. The predicted octanol–water partition coefficient (Wildman–Crippen LogP) is 4.93. The summed E-state index contributed by atoms with van der Waals surface area (Å²) in [4.78, 5) is 14.6. The Bertz CT molecular complexity index is 1070. The zero-order chi connectivity index (χ0) is 20.6. The summed E-state index contributed by atoms with van der Waals surface area (Å²) in [6, 6.07) is 11.9. The fraction of sp³-hybridized carbons (Fsp3) is 0.348. The van der Waals surface area contributed by atoms with Crippen molar-refractivity contribution in [2.24, 2.45) is 5.73 Å². The van der Waals surface area contributed by atoms with Crippen molar-refractivity contribution < 1.29 is 9.13 Å². The number of rotatable bonds is 4. The van der Waals surface area contributed by atoms with Gasteiger partial charge in [-0.15, -0.1) is 0 Å². The van der Waals surface area contributed by atoms with Crippen LogP contribution in [0.4, 0.5) is 4.39 Å². The number of halogens is 2. The minimum Gasteiger partial charge on any atom is -0.489 e. The molecule has 0 amide bonds. The molecule has 3 N–H and O–H groups in total. The van der Waals surface area contributed by atoms with Crippen molar-refractivity contribution >= 4 is 22.4 Å². The van der Waals surface area contributed by atoms with Gasteiger partial charge in [0, 0.05) is 23.0 Å². The average Bonchev–Trinajstić information content (AvgIpc) is 2.70. The summed E-state index contributed by atoms with van der Waals surface area (Å²) in [6.45, 7) is 2.02. The number of pyridine rings is 1. The molecule has 1 aliphatic carbocycles. The number of aromatic amines is 1. The zero-order valence-electron chi connectivity index (χ0n) is 16.3. The molecule has 0 saturated heterocycles. The SMILES string of the molecule is CC(N)[C@]1(c2ccc(F)cc2)CC[C@@H](Oc2cc3cc[nH]c(=O)c3cc2Cl)CC1. The summed E-state index contributed by atoms with van der Waals surface area (Å²) in [5, 5.41) is 1.76. The van der Waals surface area contributed by atoms with Crippen LogP contribution in [0.3, 0.4) is 0 Å². The fourth-order valence-electron chi connectivity index (χ4n) is 4.47. The van der Waals surface area contributed by atoms with E-state index < -0.39 is 0 Å². The van der Waals surface area contributed by atoms with Crippen LogP contribution in [0.5, 0.6) is 5.75 Å². The van der Waals surface area contributed by atoms with Gasteiger partial charge in [0.25, 0.3) is 5.56 Å². The molecule has 1 saturated carbocycles. The number of aromatic nitrogens is 1. The second kappa shape index (κ2) is 7.81. The fourth-order valence-corrected chi connectivity index (χ4v) is 4.68. The van der Waals surface area contributed by atoms with E-state index in [0.717, 1.165) is 36.6 Å². The van der Waals surface area contributed by atoms with Gasteiger partial charge < -0.3 is 15.5 Å². The van der Waals surface area contributed by atoms with E-state index in [0.29, 0.717) is 16.2 Å². The smallest absolute Gasteiger partial charge is 0.255 e. The molecular formula is C23H24ClFN2O2. The van der Waals surface area contributed by atoms with Crippen LogP contribution in [0.25, 0.3) is 10.8 Å². The lowest BCUT2D eigenvalue weighted by Crippen LogP contribution is -2.47. The lowest BCUT2D eigenvalue weighted by molar-refractivity contribution is 0.107. The Morgan fingerprint density at radius 1 is 1.21 bits per heavy atom. The van der Waals surface area contributed by atoms with Gasteiger partial charge in [-0.1, -0.05) is 23.7 Å². The summed E-state index contributed by atoms with van der Waals surface area (Å²) < 4.78 is 19.6. The van der Waals surface area contributed by atoms with Gasteiger partial charge in [-0.25, -0.2) is 4.39 Å². The Balaban J connectivity index is 1.53. The van der Waals surface area contributed by atoms with E-state index in [1.54, 1.807) is 12.3 Å². The quantitative estimate of drug-likeness (QED) is 0.636. The largest absolute Gasteiger partial charge is 0.489 e. The zero-order valence-corrected chi connectivity index (χ0v) is 17.0. The first-order chi connectivity index (χ1) is 13.9. The molecule has 1 heterocycles. The van der Waals surface area contributed by atoms with Crippen molar-refractivity contribution in [2.45, 2.75) is 50.2 Å². The number of hydrogen-bond donors (Lipinski definition) is 2. The number of nitrogens with one attached hydrogen (secondary N) is 1. The summed E-state index contributed by atoms with van der Waals surface area (Å²) in [6.07, 6.45) is 4.98. The van der Waals surface area contributed by atoms with E-state index >= 15 is 0 Å². The van der Waals surface area contributed by atoms with Gasteiger partial charge in [0.05, 0.1) is 11.1 Å². The number of nitrogens with two attached hydrogens (primary N) is 1. The summed E-state index contributed by atoms with van der Waals surface area (Å²) in [5.74, 6) is 0.347. The molecule has 1 atom stereocenters. The molecule has 0 aliphatic heterocycles. The maximum atomic E-state index is 13.4. The van der Waals surface area contributed by atoms with Crippen LogP contribution in [0, 0.1) is 5.82 Å². The molecule has 2 aromatic carbocycles. The third-order valence-corrected chi connectivity index (χ3v) is 6.53. The lowest BCUT2D eigenvalue weighted by atomic mass is 9.65. The van der Waals surface area contributed by atoms with Crippen molar-refractivity contribution in [3.8, 4) is 5.75 Å². The highest BCUT2D eigenvalue weighted by molar-refractivity contribution is 6.32. The van der Waals surface area contributed by atoms with E-state index in [9.17, 15) is 9.18 Å². The van der Waals surface area contributed by atoms with Gasteiger partial charge in [-0.3, -0.25) is 4.79 Å². The number of H-pyrrole nitrogens is 1. The van der Waals surface area contributed by atoms with Gasteiger partial charge >= 0.3 is 0 Å². The Labute approximate surface area is 173 Å². The third-order valence-electron chi connectivity index (χ3n) is 6.24. The second-order valence-electron chi connectivity index (χ2n) is 7.95. The molecule has 6 heteroatoms. The van der Waals surface area contributed by atoms with E-state index in [1.165, 1.54) is 12.1 Å². The Kier molecular flexibility index (Phi) is 5.36. The van der Waals surface area contributed by atoms with Crippen molar-refractivity contribution in [1.82, 2.24) is 4.98 Å². The van der Waals surface area contributed by atoms with Crippen LogP contribution in [-0.2, 0) is 5.41 Å².